The van der Waals surface area contributed by atoms with E-state index in [9.17, 15) is 4.79 Å². The number of rotatable bonds is 4. The molecule has 0 spiro atoms. The Labute approximate surface area is 146 Å². The van der Waals surface area contributed by atoms with Crippen molar-refractivity contribution in [2.24, 2.45) is 5.41 Å². The van der Waals surface area contributed by atoms with Crippen LogP contribution >= 0.6 is 0 Å². The van der Waals surface area contributed by atoms with Crippen LogP contribution in [-0.2, 0) is 17.6 Å². The van der Waals surface area contributed by atoms with E-state index in [1.165, 1.54) is 30.4 Å². The molecule has 1 aliphatic rings. The van der Waals surface area contributed by atoms with Crippen molar-refractivity contribution in [3.63, 3.8) is 0 Å². The van der Waals surface area contributed by atoms with Crippen LogP contribution < -0.4 is 0 Å². The fourth-order valence-corrected chi connectivity index (χ4v) is 4.19. The van der Waals surface area contributed by atoms with E-state index in [0.717, 1.165) is 38.5 Å². The fourth-order valence-electron chi connectivity index (χ4n) is 4.19. The molecule has 1 fully saturated rings. The van der Waals surface area contributed by atoms with Gasteiger partial charge in [0.25, 0.3) is 0 Å². The first-order valence-electron chi connectivity index (χ1n) is 9.35. The highest BCUT2D eigenvalue weighted by molar-refractivity contribution is 5.79. The standard InChI is InChI=1S/C23H28O/c24-22-15-9-1-2-10-16-23(19-22,17-20-11-5-3-6-12-20)18-21-13-7-4-8-14-21/h3-8,11-14H,1-2,9-10,15-19H2. The summed E-state index contributed by atoms with van der Waals surface area (Å²) in [7, 11) is 0. The molecule has 0 saturated heterocycles. The molecule has 2 aromatic carbocycles. The van der Waals surface area contributed by atoms with Gasteiger partial charge in [-0.15, -0.1) is 0 Å². The van der Waals surface area contributed by atoms with Gasteiger partial charge in [-0.25, -0.2) is 0 Å². The molecule has 0 radical (unpaired) electrons. The van der Waals surface area contributed by atoms with Crippen molar-refractivity contribution in [3.8, 4) is 0 Å². The first kappa shape index (κ1) is 17.0. The minimum atomic E-state index is 0.0735. The van der Waals surface area contributed by atoms with Gasteiger partial charge in [0, 0.05) is 12.8 Å². The Bertz CT molecular complexity index is 588. The molecule has 0 heterocycles. The zero-order valence-electron chi connectivity index (χ0n) is 14.5. The summed E-state index contributed by atoms with van der Waals surface area (Å²) in [6.07, 6.45) is 9.46. The summed E-state index contributed by atoms with van der Waals surface area (Å²) in [5.74, 6) is 0.462. The van der Waals surface area contributed by atoms with Gasteiger partial charge in [-0.1, -0.05) is 79.9 Å². The molecule has 0 atom stereocenters. The molecule has 0 amide bonds. The number of ketones is 1. The van der Waals surface area contributed by atoms with Gasteiger partial charge in [-0.2, -0.15) is 0 Å². The fraction of sp³-hybridized carbons (Fsp3) is 0.435. The Kier molecular flexibility index (Phi) is 5.85. The highest BCUT2D eigenvalue weighted by Gasteiger charge is 2.33. The van der Waals surface area contributed by atoms with E-state index < -0.39 is 0 Å². The van der Waals surface area contributed by atoms with Gasteiger partial charge in [0.05, 0.1) is 0 Å². The molecule has 0 aliphatic heterocycles. The lowest BCUT2D eigenvalue weighted by molar-refractivity contribution is -0.121. The van der Waals surface area contributed by atoms with Gasteiger partial charge < -0.3 is 0 Å². The second-order valence-electron chi connectivity index (χ2n) is 7.45. The average molecular weight is 320 g/mol. The molecular formula is C23H28O. The van der Waals surface area contributed by atoms with Crippen LogP contribution in [0.5, 0.6) is 0 Å². The van der Waals surface area contributed by atoms with Crippen LogP contribution in [0.2, 0.25) is 0 Å². The summed E-state index contributed by atoms with van der Waals surface area (Å²) >= 11 is 0. The predicted molar refractivity (Wildman–Crippen MR) is 100 cm³/mol. The molecule has 1 heteroatoms. The third-order valence-electron chi connectivity index (χ3n) is 5.33. The van der Waals surface area contributed by atoms with Gasteiger partial charge in [0.1, 0.15) is 5.78 Å². The van der Waals surface area contributed by atoms with Crippen LogP contribution in [0.15, 0.2) is 60.7 Å². The number of benzene rings is 2. The van der Waals surface area contributed by atoms with E-state index in [1.807, 2.05) is 0 Å². The highest BCUT2D eigenvalue weighted by Crippen LogP contribution is 2.39. The van der Waals surface area contributed by atoms with Crippen molar-refractivity contribution < 1.29 is 4.79 Å². The van der Waals surface area contributed by atoms with E-state index in [4.69, 9.17) is 0 Å². The van der Waals surface area contributed by atoms with E-state index >= 15 is 0 Å². The maximum atomic E-state index is 12.6. The zero-order chi connectivity index (χ0) is 16.7. The van der Waals surface area contributed by atoms with E-state index in [2.05, 4.69) is 60.7 Å². The summed E-state index contributed by atoms with van der Waals surface area (Å²) in [6, 6.07) is 21.4. The molecule has 0 N–H and O–H groups in total. The molecule has 3 rings (SSSR count). The molecule has 1 saturated carbocycles. The maximum Gasteiger partial charge on any atom is 0.133 e. The SMILES string of the molecule is O=C1CCCCCCC(Cc2ccccc2)(Cc2ccccc2)C1. The number of hydrogen-bond acceptors (Lipinski definition) is 1. The number of carbonyl (C=O) groups is 1. The van der Waals surface area contributed by atoms with Crippen molar-refractivity contribution in [2.75, 3.05) is 0 Å². The van der Waals surface area contributed by atoms with Gasteiger partial charge in [-0.3, -0.25) is 4.79 Å². The van der Waals surface area contributed by atoms with E-state index in [1.54, 1.807) is 0 Å². The average Bonchev–Trinajstić information content (AvgIpc) is 2.67. The summed E-state index contributed by atoms with van der Waals surface area (Å²) in [6.45, 7) is 0. The Morgan fingerprint density at radius 2 is 1.25 bits per heavy atom. The third-order valence-corrected chi connectivity index (χ3v) is 5.33. The lowest BCUT2D eigenvalue weighted by Crippen LogP contribution is -2.30. The van der Waals surface area contributed by atoms with Crippen molar-refractivity contribution in [1.29, 1.82) is 0 Å². The molecular weight excluding hydrogens is 292 g/mol. The maximum absolute atomic E-state index is 12.6. The number of hydrogen-bond donors (Lipinski definition) is 0. The van der Waals surface area contributed by atoms with Crippen molar-refractivity contribution in [3.05, 3.63) is 71.8 Å². The summed E-state index contributed by atoms with van der Waals surface area (Å²) < 4.78 is 0. The first-order valence-corrected chi connectivity index (χ1v) is 9.35. The summed E-state index contributed by atoms with van der Waals surface area (Å²) in [5.41, 5.74) is 2.80. The molecule has 0 unspecified atom stereocenters. The van der Waals surface area contributed by atoms with E-state index in [-0.39, 0.29) is 5.41 Å². The van der Waals surface area contributed by atoms with Crippen LogP contribution in [0.4, 0.5) is 0 Å². The molecule has 24 heavy (non-hydrogen) atoms. The molecule has 0 bridgehead atoms. The zero-order valence-corrected chi connectivity index (χ0v) is 14.5. The Hall–Kier alpha value is -1.89. The summed E-state index contributed by atoms with van der Waals surface area (Å²) in [5, 5.41) is 0. The molecule has 126 valence electrons. The highest BCUT2D eigenvalue weighted by atomic mass is 16.1. The lowest BCUT2D eigenvalue weighted by atomic mass is 9.70. The largest absolute Gasteiger partial charge is 0.300 e. The van der Waals surface area contributed by atoms with Crippen LogP contribution in [0.1, 0.15) is 56.1 Å². The molecule has 2 aromatic rings. The topological polar surface area (TPSA) is 17.1 Å². The van der Waals surface area contributed by atoms with Crippen LogP contribution in [0.25, 0.3) is 0 Å². The normalized spacial score (nSPS) is 18.4. The van der Waals surface area contributed by atoms with Gasteiger partial charge in [0.15, 0.2) is 0 Å². The minimum Gasteiger partial charge on any atom is -0.300 e. The van der Waals surface area contributed by atoms with Gasteiger partial charge >= 0.3 is 0 Å². The predicted octanol–water partition coefficient (Wildman–Crippen LogP) is 5.77. The van der Waals surface area contributed by atoms with Crippen LogP contribution in [0, 0.1) is 5.41 Å². The van der Waals surface area contributed by atoms with Crippen molar-refractivity contribution in [2.45, 2.75) is 57.8 Å². The quantitative estimate of drug-likeness (QED) is 0.698. The van der Waals surface area contributed by atoms with Crippen molar-refractivity contribution >= 4 is 5.78 Å². The van der Waals surface area contributed by atoms with Crippen LogP contribution in [0.3, 0.4) is 0 Å². The van der Waals surface area contributed by atoms with Gasteiger partial charge in [0.2, 0.25) is 0 Å². The van der Waals surface area contributed by atoms with Gasteiger partial charge in [-0.05, 0) is 42.2 Å². The second-order valence-corrected chi connectivity index (χ2v) is 7.45. The monoisotopic (exact) mass is 320 g/mol. The second kappa shape index (κ2) is 8.28. The Morgan fingerprint density at radius 3 is 1.83 bits per heavy atom. The van der Waals surface area contributed by atoms with Crippen LogP contribution in [-0.4, -0.2) is 5.78 Å². The Balaban J connectivity index is 1.89. The molecule has 0 aromatic heterocycles. The molecule has 1 nitrogen and oxygen atoms in total. The first-order chi connectivity index (χ1) is 11.8. The third kappa shape index (κ3) is 4.80. The smallest absolute Gasteiger partial charge is 0.133 e. The Morgan fingerprint density at radius 1 is 0.708 bits per heavy atom. The van der Waals surface area contributed by atoms with E-state index in [0.29, 0.717) is 5.78 Å². The minimum absolute atomic E-state index is 0.0735. The number of Topliss-reactive ketones (excluding diaryl/α,β-unsaturated/α-hetero) is 1. The lowest BCUT2D eigenvalue weighted by Gasteiger charge is -2.34. The summed E-state index contributed by atoms with van der Waals surface area (Å²) in [4.78, 5) is 12.6. The van der Waals surface area contributed by atoms with Crippen molar-refractivity contribution in [1.82, 2.24) is 0 Å². The number of carbonyl (C=O) groups excluding carboxylic acids is 1. The molecule has 1 aliphatic carbocycles.